The Morgan fingerprint density at radius 2 is 1.70 bits per heavy atom. The van der Waals surface area contributed by atoms with Crippen LogP contribution in [0.1, 0.15) is 41.5 Å². The minimum absolute atomic E-state index is 0.0190. The SMILES string of the molecule is CC(C)(C)NC(=O)CN1CCN(c2ccc(C(=O)O)cc2NC(=O)c2ccccc2Cl)CC1. The number of carbonyl (C=O) groups is 3. The monoisotopic (exact) mass is 472 g/mol. The number of hydrogen-bond donors (Lipinski definition) is 3. The molecule has 2 aromatic carbocycles. The molecule has 176 valence electrons. The first-order valence-electron chi connectivity index (χ1n) is 10.7. The van der Waals surface area contributed by atoms with Gasteiger partial charge in [0.25, 0.3) is 5.91 Å². The minimum atomic E-state index is -1.08. The third-order valence-electron chi connectivity index (χ3n) is 5.20. The maximum atomic E-state index is 12.8. The molecule has 1 heterocycles. The Labute approximate surface area is 198 Å². The van der Waals surface area contributed by atoms with Gasteiger partial charge in [-0.2, -0.15) is 0 Å². The van der Waals surface area contributed by atoms with E-state index in [0.29, 0.717) is 49.0 Å². The van der Waals surface area contributed by atoms with Crippen molar-refractivity contribution in [2.45, 2.75) is 26.3 Å². The topological polar surface area (TPSA) is 102 Å². The fourth-order valence-corrected chi connectivity index (χ4v) is 3.91. The summed E-state index contributed by atoms with van der Waals surface area (Å²) in [6.45, 7) is 8.74. The van der Waals surface area contributed by atoms with Crippen molar-refractivity contribution < 1.29 is 19.5 Å². The van der Waals surface area contributed by atoms with Crippen LogP contribution in [-0.2, 0) is 4.79 Å². The van der Waals surface area contributed by atoms with Crippen LogP contribution in [0.5, 0.6) is 0 Å². The smallest absolute Gasteiger partial charge is 0.335 e. The van der Waals surface area contributed by atoms with Crippen LogP contribution in [0.2, 0.25) is 5.02 Å². The molecule has 0 saturated carbocycles. The van der Waals surface area contributed by atoms with Crippen molar-refractivity contribution in [3.8, 4) is 0 Å². The number of nitrogens with zero attached hydrogens (tertiary/aromatic N) is 2. The molecule has 2 amide bonds. The molecule has 33 heavy (non-hydrogen) atoms. The summed E-state index contributed by atoms with van der Waals surface area (Å²) in [6, 6.07) is 11.4. The normalized spacial score (nSPS) is 14.6. The van der Waals surface area contributed by atoms with Gasteiger partial charge in [0, 0.05) is 31.7 Å². The van der Waals surface area contributed by atoms with Crippen LogP contribution in [0.3, 0.4) is 0 Å². The van der Waals surface area contributed by atoms with Crippen molar-refractivity contribution in [3.05, 3.63) is 58.6 Å². The van der Waals surface area contributed by atoms with E-state index in [1.165, 1.54) is 12.1 Å². The quantitative estimate of drug-likeness (QED) is 0.596. The molecular weight excluding hydrogens is 444 g/mol. The maximum absolute atomic E-state index is 12.8. The number of halogens is 1. The Kier molecular flexibility index (Phi) is 7.61. The first-order valence-corrected chi connectivity index (χ1v) is 11.1. The van der Waals surface area contributed by atoms with Gasteiger partial charge in [-0.15, -0.1) is 0 Å². The van der Waals surface area contributed by atoms with Gasteiger partial charge < -0.3 is 20.6 Å². The molecule has 0 radical (unpaired) electrons. The summed E-state index contributed by atoms with van der Waals surface area (Å²) >= 11 is 6.15. The van der Waals surface area contributed by atoms with E-state index in [1.54, 1.807) is 30.3 Å². The summed E-state index contributed by atoms with van der Waals surface area (Å²) in [5, 5.41) is 15.5. The number of carboxylic acid groups (broad SMARTS) is 1. The van der Waals surface area contributed by atoms with Crippen LogP contribution in [-0.4, -0.2) is 66.1 Å². The number of rotatable bonds is 6. The fourth-order valence-electron chi connectivity index (χ4n) is 3.69. The van der Waals surface area contributed by atoms with Gasteiger partial charge in [-0.05, 0) is 51.1 Å². The molecule has 1 aliphatic heterocycles. The van der Waals surface area contributed by atoms with Crippen molar-refractivity contribution in [2.75, 3.05) is 42.9 Å². The Morgan fingerprint density at radius 1 is 1.03 bits per heavy atom. The number of aromatic carboxylic acids is 1. The Balaban J connectivity index is 1.74. The molecule has 3 N–H and O–H groups in total. The lowest BCUT2D eigenvalue weighted by Crippen LogP contribution is -2.51. The van der Waals surface area contributed by atoms with Crippen LogP contribution < -0.4 is 15.5 Å². The van der Waals surface area contributed by atoms with E-state index in [1.807, 2.05) is 20.8 Å². The zero-order chi connectivity index (χ0) is 24.2. The van der Waals surface area contributed by atoms with E-state index in [-0.39, 0.29) is 17.0 Å². The number of hydrogen-bond acceptors (Lipinski definition) is 5. The van der Waals surface area contributed by atoms with Crippen LogP contribution in [0.25, 0.3) is 0 Å². The van der Waals surface area contributed by atoms with Gasteiger partial charge in [0.1, 0.15) is 0 Å². The average Bonchev–Trinajstić information content (AvgIpc) is 2.73. The molecule has 0 spiro atoms. The molecule has 1 saturated heterocycles. The molecule has 2 aromatic rings. The second-order valence-corrected chi connectivity index (χ2v) is 9.44. The largest absolute Gasteiger partial charge is 0.478 e. The number of benzene rings is 2. The van der Waals surface area contributed by atoms with E-state index < -0.39 is 11.9 Å². The zero-order valence-electron chi connectivity index (χ0n) is 19.0. The van der Waals surface area contributed by atoms with Crippen molar-refractivity contribution in [2.24, 2.45) is 0 Å². The average molecular weight is 473 g/mol. The highest BCUT2D eigenvalue weighted by Crippen LogP contribution is 2.29. The number of anilines is 2. The predicted molar refractivity (Wildman–Crippen MR) is 129 cm³/mol. The van der Waals surface area contributed by atoms with Gasteiger partial charge in [-0.1, -0.05) is 23.7 Å². The Bertz CT molecular complexity index is 1040. The number of amides is 2. The fraction of sp³-hybridized carbons (Fsp3) is 0.375. The van der Waals surface area contributed by atoms with Crippen LogP contribution in [0.4, 0.5) is 11.4 Å². The van der Waals surface area contributed by atoms with E-state index in [2.05, 4.69) is 20.4 Å². The second kappa shape index (κ2) is 10.2. The predicted octanol–water partition coefficient (Wildman–Crippen LogP) is 3.33. The number of nitrogens with one attached hydrogen (secondary N) is 2. The molecule has 1 aliphatic rings. The first-order chi connectivity index (χ1) is 15.5. The van der Waals surface area contributed by atoms with E-state index in [9.17, 15) is 19.5 Å². The summed E-state index contributed by atoms with van der Waals surface area (Å²) in [5.41, 5.74) is 1.23. The molecule has 1 fully saturated rings. The summed E-state index contributed by atoms with van der Waals surface area (Å²) in [6.07, 6.45) is 0. The summed E-state index contributed by atoms with van der Waals surface area (Å²) in [5.74, 6) is -1.51. The Hall–Kier alpha value is -3.10. The highest BCUT2D eigenvalue weighted by Gasteiger charge is 2.24. The molecule has 0 unspecified atom stereocenters. The van der Waals surface area contributed by atoms with Crippen LogP contribution in [0.15, 0.2) is 42.5 Å². The lowest BCUT2D eigenvalue weighted by Gasteiger charge is -2.37. The molecule has 0 bridgehead atoms. The molecule has 0 aliphatic carbocycles. The molecule has 8 nitrogen and oxygen atoms in total. The van der Waals surface area contributed by atoms with Gasteiger partial charge in [-0.25, -0.2) is 4.79 Å². The molecule has 0 atom stereocenters. The van der Waals surface area contributed by atoms with E-state index in [0.717, 1.165) is 5.69 Å². The Morgan fingerprint density at radius 3 is 2.30 bits per heavy atom. The second-order valence-electron chi connectivity index (χ2n) is 9.03. The lowest BCUT2D eigenvalue weighted by atomic mass is 10.1. The van der Waals surface area contributed by atoms with Gasteiger partial charge in [0.2, 0.25) is 5.91 Å². The highest BCUT2D eigenvalue weighted by molar-refractivity contribution is 6.34. The van der Waals surface area contributed by atoms with Crippen molar-refractivity contribution in [1.29, 1.82) is 0 Å². The van der Waals surface area contributed by atoms with E-state index in [4.69, 9.17) is 11.6 Å². The van der Waals surface area contributed by atoms with Gasteiger partial charge in [0.15, 0.2) is 0 Å². The molecular formula is C24H29ClN4O4. The standard InChI is InChI=1S/C24H29ClN4O4/c1-24(2,3)27-21(30)15-28-10-12-29(13-11-28)20-9-8-16(23(32)33)14-19(20)26-22(31)17-6-4-5-7-18(17)25/h4-9,14H,10-13,15H2,1-3H3,(H,26,31)(H,27,30)(H,32,33). The summed E-state index contributed by atoms with van der Waals surface area (Å²) in [7, 11) is 0. The third-order valence-corrected chi connectivity index (χ3v) is 5.53. The number of carboxylic acids is 1. The van der Waals surface area contributed by atoms with Gasteiger partial charge in [0.05, 0.1) is 34.1 Å². The lowest BCUT2D eigenvalue weighted by molar-refractivity contribution is -0.123. The van der Waals surface area contributed by atoms with Crippen LogP contribution >= 0.6 is 11.6 Å². The number of piperazine rings is 1. The maximum Gasteiger partial charge on any atom is 0.335 e. The summed E-state index contributed by atoms with van der Waals surface area (Å²) in [4.78, 5) is 40.7. The first kappa shape index (κ1) is 24.5. The van der Waals surface area contributed by atoms with Gasteiger partial charge >= 0.3 is 5.97 Å². The van der Waals surface area contributed by atoms with Crippen LogP contribution in [0, 0.1) is 0 Å². The van der Waals surface area contributed by atoms with Crippen molar-refractivity contribution >= 4 is 40.8 Å². The third kappa shape index (κ3) is 6.69. The zero-order valence-corrected chi connectivity index (χ0v) is 19.8. The molecule has 3 rings (SSSR count). The van der Waals surface area contributed by atoms with Crippen molar-refractivity contribution in [1.82, 2.24) is 10.2 Å². The molecule has 0 aromatic heterocycles. The molecule has 9 heteroatoms. The highest BCUT2D eigenvalue weighted by atomic mass is 35.5. The summed E-state index contributed by atoms with van der Waals surface area (Å²) < 4.78 is 0. The van der Waals surface area contributed by atoms with Gasteiger partial charge in [-0.3, -0.25) is 14.5 Å². The number of carbonyl (C=O) groups excluding carboxylic acids is 2. The van der Waals surface area contributed by atoms with Crippen molar-refractivity contribution in [3.63, 3.8) is 0 Å². The van der Waals surface area contributed by atoms with E-state index >= 15 is 0 Å². The minimum Gasteiger partial charge on any atom is -0.478 e.